The molecule has 0 bridgehead atoms. The molecule has 0 saturated heterocycles. The van der Waals surface area contributed by atoms with Crippen molar-refractivity contribution in [3.05, 3.63) is 57.7 Å². The Morgan fingerprint density at radius 3 is 2.47 bits per heavy atom. The molecule has 0 radical (unpaired) electrons. The van der Waals surface area contributed by atoms with Crippen LogP contribution in [0.25, 0.3) is 0 Å². The maximum Gasteiger partial charge on any atom is 0.267 e. The summed E-state index contributed by atoms with van der Waals surface area (Å²) < 4.78 is 0. The SMILES string of the molecule is O=C(Cc1csc(NC(=O)c2cccs2)n1)Nc1ccc(NC2CCCCC2)cc1. The Morgan fingerprint density at radius 2 is 1.73 bits per heavy atom. The summed E-state index contributed by atoms with van der Waals surface area (Å²) in [6, 6.07) is 12.0. The molecule has 3 N–H and O–H groups in total. The normalized spacial score (nSPS) is 14.3. The van der Waals surface area contributed by atoms with Gasteiger partial charge in [0.2, 0.25) is 5.91 Å². The highest BCUT2D eigenvalue weighted by molar-refractivity contribution is 7.14. The number of hydrogen-bond donors (Lipinski definition) is 3. The molecule has 156 valence electrons. The van der Waals surface area contributed by atoms with Gasteiger partial charge in [0, 0.05) is 22.8 Å². The van der Waals surface area contributed by atoms with E-state index in [4.69, 9.17) is 0 Å². The van der Waals surface area contributed by atoms with Crippen LogP contribution in [0.15, 0.2) is 47.2 Å². The van der Waals surface area contributed by atoms with E-state index < -0.39 is 0 Å². The van der Waals surface area contributed by atoms with Gasteiger partial charge in [-0.1, -0.05) is 25.3 Å². The standard InChI is InChI=1S/C22H24N4O2S2/c27-20(13-18-14-30-22(25-18)26-21(28)19-7-4-12-29-19)24-17-10-8-16(9-11-17)23-15-5-2-1-3-6-15/h4,7-12,14-15,23H,1-3,5-6,13H2,(H,24,27)(H,25,26,28). The molecule has 6 nitrogen and oxygen atoms in total. The molecule has 4 rings (SSSR count). The monoisotopic (exact) mass is 440 g/mol. The molecular weight excluding hydrogens is 416 g/mol. The summed E-state index contributed by atoms with van der Waals surface area (Å²) >= 11 is 2.69. The largest absolute Gasteiger partial charge is 0.382 e. The minimum atomic E-state index is -0.183. The van der Waals surface area contributed by atoms with Gasteiger partial charge in [0.1, 0.15) is 0 Å². The van der Waals surface area contributed by atoms with E-state index >= 15 is 0 Å². The van der Waals surface area contributed by atoms with Crippen LogP contribution < -0.4 is 16.0 Å². The summed E-state index contributed by atoms with van der Waals surface area (Å²) in [5, 5.41) is 13.4. The van der Waals surface area contributed by atoms with Crippen LogP contribution in [0.5, 0.6) is 0 Å². The Hall–Kier alpha value is -2.71. The van der Waals surface area contributed by atoms with Crippen molar-refractivity contribution < 1.29 is 9.59 Å². The zero-order valence-corrected chi connectivity index (χ0v) is 18.2. The van der Waals surface area contributed by atoms with E-state index in [9.17, 15) is 9.59 Å². The van der Waals surface area contributed by atoms with Crippen LogP contribution in [0.2, 0.25) is 0 Å². The zero-order chi connectivity index (χ0) is 20.8. The number of benzene rings is 1. The zero-order valence-electron chi connectivity index (χ0n) is 16.5. The lowest BCUT2D eigenvalue weighted by molar-refractivity contribution is -0.115. The smallest absolute Gasteiger partial charge is 0.267 e. The van der Waals surface area contributed by atoms with Gasteiger partial charge in [-0.2, -0.15) is 0 Å². The first-order chi connectivity index (χ1) is 14.7. The average molecular weight is 441 g/mol. The van der Waals surface area contributed by atoms with Crippen molar-refractivity contribution in [3.63, 3.8) is 0 Å². The van der Waals surface area contributed by atoms with Crippen molar-refractivity contribution in [2.75, 3.05) is 16.0 Å². The van der Waals surface area contributed by atoms with E-state index in [1.54, 1.807) is 11.4 Å². The van der Waals surface area contributed by atoms with E-state index in [0.717, 1.165) is 11.4 Å². The Bertz CT molecular complexity index is 977. The molecule has 0 spiro atoms. The van der Waals surface area contributed by atoms with Crippen LogP contribution in [-0.2, 0) is 11.2 Å². The van der Waals surface area contributed by atoms with Gasteiger partial charge < -0.3 is 10.6 Å². The van der Waals surface area contributed by atoms with Crippen molar-refractivity contribution in [2.45, 2.75) is 44.6 Å². The van der Waals surface area contributed by atoms with Gasteiger partial charge in [-0.3, -0.25) is 14.9 Å². The summed E-state index contributed by atoms with van der Waals surface area (Å²) in [5.74, 6) is -0.318. The maximum absolute atomic E-state index is 12.4. The molecule has 0 atom stereocenters. The quantitative estimate of drug-likeness (QED) is 0.460. The summed E-state index contributed by atoms with van der Waals surface area (Å²) in [6.07, 6.45) is 6.53. The number of hydrogen-bond acceptors (Lipinski definition) is 6. The molecule has 3 aromatic rings. The van der Waals surface area contributed by atoms with Crippen molar-refractivity contribution in [1.82, 2.24) is 4.98 Å². The van der Waals surface area contributed by atoms with Crippen molar-refractivity contribution in [3.8, 4) is 0 Å². The molecular formula is C22H24N4O2S2. The van der Waals surface area contributed by atoms with E-state index in [-0.39, 0.29) is 18.2 Å². The summed E-state index contributed by atoms with van der Waals surface area (Å²) in [6.45, 7) is 0. The number of carbonyl (C=O) groups excluding carboxylic acids is 2. The third-order valence-corrected chi connectivity index (χ3v) is 6.68. The van der Waals surface area contributed by atoms with Gasteiger partial charge in [0.25, 0.3) is 5.91 Å². The first-order valence-corrected chi connectivity index (χ1v) is 11.9. The molecule has 1 saturated carbocycles. The number of nitrogens with one attached hydrogen (secondary N) is 3. The van der Waals surface area contributed by atoms with Gasteiger partial charge >= 0.3 is 0 Å². The summed E-state index contributed by atoms with van der Waals surface area (Å²) in [7, 11) is 0. The molecule has 30 heavy (non-hydrogen) atoms. The minimum Gasteiger partial charge on any atom is -0.382 e. The molecule has 0 unspecified atom stereocenters. The fraction of sp³-hybridized carbons (Fsp3) is 0.318. The van der Waals surface area contributed by atoms with Crippen LogP contribution >= 0.6 is 22.7 Å². The fourth-order valence-corrected chi connectivity index (χ4v) is 4.84. The lowest BCUT2D eigenvalue weighted by Crippen LogP contribution is -2.22. The van der Waals surface area contributed by atoms with E-state index in [1.165, 1.54) is 54.8 Å². The van der Waals surface area contributed by atoms with Gasteiger partial charge in [-0.15, -0.1) is 22.7 Å². The highest BCUT2D eigenvalue weighted by Crippen LogP contribution is 2.23. The summed E-state index contributed by atoms with van der Waals surface area (Å²) in [5.41, 5.74) is 2.48. The van der Waals surface area contributed by atoms with E-state index in [0.29, 0.717) is 21.7 Å². The fourth-order valence-electron chi connectivity index (χ4n) is 3.51. The predicted octanol–water partition coefficient (Wildman–Crippen LogP) is 5.38. The molecule has 1 fully saturated rings. The topological polar surface area (TPSA) is 83.1 Å². The van der Waals surface area contributed by atoms with Gasteiger partial charge in [-0.05, 0) is 48.6 Å². The Morgan fingerprint density at radius 1 is 0.967 bits per heavy atom. The third-order valence-electron chi connectivity index (χ3n) is 5.00. The van der Waals surface area contributed by atoms with Crippen LogP contribution in [0.4, 0.5) is 16.5 Å². The maximum atomic E-state index is 12.4. The van der Waals surface area contributed by atoms with Crippen molar-refractivity contribution >= 4 is 51.0 Å². The Kier molecular flexibility index (Phi) is 6.76. The third kappa shape index (κ3) is 5.67. The average Bonchev–Trinajstić information content (AvgIpc) is 3.43. The highest BCUT2D eigenvalue weighted by Gasteiger charge is 2.14. The molecule has 1 aromatic carbocycles. The number of aromatic nitrogens is 1. The van der Waals surface area contributed by atoms with Crippen LogP contribution in [0.1, 0.15) is 47.5 Å². The molecule has 8 heteroatoms. The van der Waals surface area contributed by atoms with Crippen LogP contribution in [0, 0.1) is 0 Å². The molecule has 2 aromatic heterocycles. The lowest BCUT2D eigenvalue weighted by atomic mass is 9.95. The number of amides is 2. The number of thiazole rings is 1. The van der Waals surface area contributed by atoms with Gasteiger partial charge in [0.05, 0.1) is 17.0 Å². The summed E-state index contributed by atoms with van der Waals surface area (Å²) in [4.78, 5) is 29.4. The molecule has 1 aliphatic carbocycles. The predicted molar refractivity (Wildman–Crippen MR) is 124 cm³/mol. The van der Waals surface area contributed by atoms with E-state index in [1.807, 2.05) is 35.7 Å². The highest BCUT2D eigenvalue weighted by atomic mass is 32.1. The number of rotatable bonds is 7. The Balaban J connectivity index is 1.26. The lowest BCUT2D eigenvalue weighted by Gasteiger charge is -2.23. The first kappa shape index (κ1) is 20.6. The van der Waals surface area contributed by atoms with Crippen LogP contribution in [0.3, 0.4) is 0 Å². The minimum absolute atomic E-state index is 0.135. The van der Waals surface area contributed by atoms with Crippen molar-refractivity contribution in [1.29, 1.82) is 0 Å². The van der Waals surface area contributed by atoms with Gasteiger partial charge in [0.15, 0.2) is 5.13 Å². The van der Waals surface area contributed by atoms with Crippen molar-refractivity contribution in [2.24, 2.45) is 0 Å². The first-order valence-electron chi connectivity index (χ1n) is 10.1. The Labute approximate surface area is 183 Å². The molecule has 1 aliphatic rings. The second-order valence-corrected chi connectivity index (χ2v) is 9.16. The van der Waals surface area contributed by atoms with Crippen LogP contribution in [-0.4, -0.2) is 22.8 Å². The molecule has 2 amide bonds. The second kappa shape index (κ2) is 9.86. The molecule has 0 aliphatic heterocycles. The van der Waals surface area contributed by atoms with E-state index in [2.05, 4.69) is 20.9 Å². The number of anilines is 3. The number of thiophene rings is 1. The second-order valence-electron chi connectivity index (χ2n) is 7.36. The van der Waals surface area contributed by atoms with Gasteiger partial charge in [-0.25, -0.2) is 4.98 Å². The number of carbonyl (C=O) groups is 2. The number of nitrogens with zero attached hydrogens (tertiary/aromatic N) is 1. The molecule has 2 heterocycles.